The zero-order valence-corrected chi connectivity index (χ0v) is 24.4. The van der Waals surface area contributed by atoms with Gasteiger partial charge in [-0.15, -0.1) is 0 Å². The molecule has 11 heteroatoms. The topological polar surface area (TPSA) is 120 Å². The molecule has 9 nitrogen and oxygen atoms in total. The van der Waals surface area contributed by atoms with Crippen LogP contribution >= 0.6 is 9.39 Å². The molecule has 0 atom stereocenters. The van der Waals surface area contributed by atoms with E-state index in [1.807, 2.05) is 36.6 Å². The molecule has 1 aliphatic rings. The van der Waals surface area contributed by atoms with Crippen molar-refractivity contribution in [3.05, 3.63) is 84.7 Å². The average Bonchev–Trinajstić information content (AvgIpc) is 3.61. The van der Waals surface area contributed by atoms with Crippen molar-refractivity contribution in [2.45, 2.75) is 19.4 Å². The van der Waals surface area contributed by atoms with Crippen molar-refractivity contribution < 1.29 is 4.39 Å². The molecule has 4 N–H and O–H groups in total. The van der Waals surface area contributed by atoms with Gasteiger partial charge in [0.1, 0.15) is 16.9 Å². The fraction of sp³-hybridized carbons (Fsp3) is 0.156. The van der Waals surface area contributed by atoms with Gasteiger partial charge in [-0.2, -0.15) is 14.5 Å². The van der Waals surface area contributed by atoms with Crippen molar-refractivity contribution >= 4 is 48.9 Å². The highest BCUT2D eigenvalue weighted by Gasteiger charge is 2.24. The van der Waals surface area contributed by atoms with Crippen LogP contribution in [0.4, 0.5) is 10.1 Å². The van der Waals surface area contributed by atoms with Crippen molar-refractivity contribution in [1.29, 1.82) is 0 Å². The summed E-state index contributed by atoms with van der Waals surface area (Å²) >= 11 is 0. The van der Waals surface area contributed by atoms with Gasteiger partial charge in [-0.25, -0.2) is 14.4 Å². The number of nitrogens with one attached hydrogen (secondary N) is 4. The Hall–Kier alpha value is -4.87. The quantitative estimate of drug-likeness (QED) is 0.144. The van der Waals surface area contributed by atoms with Gasteiger partial charge in [0.25, 0.3) is 0 Å². The molecule has 216 valence electrons. The summed E-state index contributed by atoms with van der Waals surface area (Å²) in [5.74, 6) is 8.80. The van der Waals surface area contributed by atoms with E-state index in [4.69, 9.17) is 9.97 Å². The van der Waals surface area contributed by atoms with Crippen LogP contribution in [-0.4, -0.2) is 53.1 Å². The third-order valence-corrected chi connectivity index (χ3v) is 8.14. The van der Waals surface area contributed by atoms with E-state index in [1.165, 1.54) is 25.0 Å². The number of imidazole rings is 1. The molecular formula is C32H30FN9S. The fourth-order valence-corrected chi connectivity index (χ4v) is 5.51. The summed E-state index contributed by atoms with van der Waals surface area (Å²) in [4.78, 5) is 22.2. The van der Waals surface area contributed by atoms with Gasteiger partial charge in [-0.1, -0.05) is 18.3 Å². The summed E-state index contributed by atoms with van der Waals surface area (Å²) in [6.45, 7) is 4.60. The first-order valence-electron chi connectivity index (χ1n) is 13.8. The van der Waals surface area contributed by atoms with E-state index < -0.39 is 9.39 Å². The van der Waals surface area contributed by atoms with Gasteiger partial charge >= 0.3 is 0 Å². The molecule has 0 aliphatic heterocycles. The monoisotopic (exact) mass is 591 g/mol. The van der Waals surface area contributed by atoms with E-state index >= 15 is 0 Å². The number of benzene rings is 1. The molecule has 0 amide bonds. The molecule has 7 rings (SSSR count). The lowest BCUT2D eigenvalue weighted by Crippen LogP contribution is -2.08. The molecule has 43 heavy (non-hydrogen) atoms. The first-order valence-corrected chi connectivity index (χ1v) is 16.2. The maximum absolute atomic E-state index is 14.7. The second-order valence-corrected chi connectivity index (χ2v) is 14.0. The van der Waals surface area contributed by atoms with Crippen LogP contribution in [0.15, 0.2) is 73.3 Å². The second-order valence-electron chi connectivity index (χ2n) is 11.1. The largest absolute Gasteiger partial charge is 0.358 e. The number of aromatic amines is 2. The number of halogens is 1. The lowest BCUT2D eigenvalue weighted by molar-refractivity contribution is 0.625. The van der Waals surface area contributed by atoms with Crippen molar-refractivity contribution in [2.24, 2.45) is 5.92 Å². The lowest BCUT2D eigenvalue weighted by Gasteiger charge is -2.12. The van der Waals surface area contributed by atoms with E-state index in [0.29, 0.717) is 46.3 Å². The molecule has 0 bridgehead atoms. The number of hydrogen-bond acceptors (Lipinski definition) is 7. The molecule has 0 radical (unpaired) electrons. The minimum Gasteiger partial charge on any atom is -0.358 e. The number of hydrogen-bond donors (Lipinski definition) is 4. The number of fused-ring (bicyclic) bond motifs is 2. The van der Waals surface area contributed by atoms with Gasteiger partial charge in [0.05, 0.1) is 34.3 Å². The predicted molar refractivity (Wildman–Crippen MR) is 175 cm³/mol. The van der Waals surface area contributed by atoms with Crippen molar-refractivity contribution in [1.82, 2.24) is 39.8 Å². The molecule has 0 spiro atoms. The first-order chi connectivity index (χ1) is 20.7. The molecule has 0 saturated heterocycles. The Labute approximate surface area is 248 Å². The second kappa shape index (κ2) is 10.4. The smallest absolute Gasteiger partial charge is 0.161 e. The Morgan fingerprint density at radius 2 is 1.84 bits per heavy atom. The van der Waals surface area contributed by atoms with Crippen LogP contribution in [0.1, 0.15) is 18.4 Å². The van der Waals surface area contributed by atoms with E-state index in [-0.39, 0.29) is 5.82 Å². The van der Waals surface area contributed by atoms with Crippen LogP contribution in [-0.2, 0) is 6.54 Å². The minimum atomic E-state index is -1.45. The summed E-state index contributed by atoms with van der Waals surface area (Å²) in [6.07, 6.45) is 9.55. The maximum Gasteiger partial charge on any atom is 0.161 e. The van der Waals surface area contributed by atoms with E-state index in [1.54, 1.807) is 18.6 Å². The highest BCUT2D eigenvalue weighted by Crippen LogP contribution is 2.36. The number of nitrogens with zero attached hydrogens (tertiary/aromatic N) is 5. The Morgan fingerprint density at radius 1 is 1.00 bits per heavy atom. The molecule has 1 saturated carbocycles. The molecule has 5 heterocycles. The van der Waals surface area contributed by atoms with Crippen LogP contribution in [0.5, 0.6) is 0 Å². The zero-order chi connectivity index (χ0) is 29.7. The maximum atomic E-state index is 14.7. The van der Waals surface area contributed by atoms with Crippen molar-refractivity contribution in [3.8, 4) is 34.0 Å². The molecule has 0 unspecified atom stereocenters. The number of allylic oxidation sites excluding steroid dienone is 1. The summed E-state index contributed by atoms with van der Waals surface area (Å²) in [7, 11) is -1.45. The van der Waals surface area contributed by atoms with E-state index in [2.05, 4.69) is 53.5 Å². The van der Waals surface area contributed by atoms with Gasteiger partial charge < -0.3 is 10.3 Å². The van der Waals surface area contributed by atoms with Crippen molar-refractivity contribution in [2.75, 3.05) is 11.6 Å². The third-order valence-electron chi connectivity index (χ3n) is 7.30. The molecule has 1 fully saturated rings. The number of H-pyrrole nitrogens is 2. The van der Waals surface area contributed by atoms with Gasteiger partial charge in [0, 0.05) is 35.8 Å². The van der Waals surface area contributed by atoms with Crippen LogP contribution in [0.2, 0.25) is 0 Å². The van der Waals surface area contributed by atoms with Crippen LogP contribution in [0.3, 0.4) is 0 Å². The van der Waals surface area contributed by atoms with E-state index in [9.17, 15) is 4.39 Å². The Balaban J connectivity index is 1.25. The van der Waals surface area contributed by atoms with Gasteiger partial charge in [0.2, 0.25) is 0 Å². The average molecular weight is 592 g/mol. The number of anilines is 1. The van der Waals surface area contributed by atoms with E-state index in [0.717, 1.165) is 39.2 Å². The van der Waals surface area contributed by atoms with Crippen LogP contribution < -0.4 is 10.0 Å². The minimum absolute atomic E-state index is 0.352. The van der Waals surface area contributed by atoms with Crippen molar-refractivity contribution in [3.63, 3.8) is 0 Å². The van der Waals surface area contributed by atoms with Gasteiger partial charge in [0.15, 0.2) is 11.5 Å². The molecule has 5 aromatic heterocycles. The summed E-state index contributed by atoms with van der Waals surface area (Å²) in [5.41, 5.74) is 8.86. The normalized spacial score (nSPS) is 13.5. The first kappa shape index (κ1) is 27.0. The predicted octanol–water partition coefficient (Wildman–Crippen LogP) is 6.40. The van der Waals surface area contributed by atoms with Crippen LogP contribution in [0.25, 0.3) is 56.1 Å². The molecule has 6 aromatic rings. The number of rotatable bonds is 9. The lowest BCUT2D eigenvalue weighted by atomic mass is 10.1. The third kappa shape index (κ3) is 5.64. The highest BCUT2D eigenvalue weighted by molar-refractivity contribution is 8.25. The molecule has 1 aliphatic carbocycles. The van der Waals surface area contributed by atoms with Gasteiger partial charge in [-0.3, -0.25) is 19.8 Å². The Kier molecular flexibility index (Phi) is 6.55. The van der Waals surface area contributed by atoms with Gasteiger partial charge in [-0.05, 0) is 73.0 Å². The molecular weight excluding hydrogens is 561 g/mol. The summed E-state index contributed by atoms with van der Waals surface area (Å²) in [5, 5.41) is 11.0. The highest BCUT2D eigenvalue weighted by atomic mass is 32.2. The summed E-state index contributed by atoms with van der Waals surface area (Å²) < 4.78 is 18.0. The Bertz CT molecular complexity index is 2140. The Morgan fingerprint density at radius 3 is 2.65 bits per heavy atom. The molecule has 1 aromatic carbocycles. The summed E-state index contributed by atoms with van der Waals surface area (Å²) in [6, 6.07) is 12.6. The SMILES string of the molecule is C=C(Nc1cncc(-c2ccc3[nH]nc(-c4nc5c(-c6cc(F)cc(CNS(=C)(=C)C)c6)nccc5[nH]4)c3n2)c1)C1CC1. The standard InChI is InChI=1S/C32H30FN9S/c1-18(20-5-6-20)37-24-14-22(16-34-17-24)25-7-8-27-30(38-25)31(42-41-27)32-39-26-9-10-35-28(29(26)40-32)21-11-19(12-23(33)13-21)15-36-43(2,3)4/h7-14,16-17,20,36-37H,1-3,5-6,15H2,4H3,(H,39,40)(H,41,42). The fourth-order valence-electron chi connectivity index (χ4n) is 5.00. The zero-order valence-electron chi connectivity index (χ0n) is 23.6. The number of pyridine rings is 3. The van der Waals surface area contributed by atoms with Crippen LogP contribution in [0, 0.1) is 11.7 Å². The number of aromatic nitrogens is 7.